The maximum Gasteiger partial charge on any atom is 1.00 e. The van der Waals surface area contributed by atoms with Gasteiger partial charge in [-0.25, -0.2) is 8.42 Å². The zero-order valence-electron chi connectivity index (χ0n) is 8.73. The smallest absolute Gasteiger partial charge is 0.741 e. The van der Waals surface area contributed by atoms with Crippen LogP contribution in [0.3, 0.4) is 0 Å². The molecule has 0 atom stereocenters. The Balaban J connectivity index is 0.00000144. The van der Waals surface area contributed by atoms with Crippen LogP contribution in [0.15, 0.2) is 40.0 Å². The second-order valence-corrected chi connectivity index (χ2v) is 4.20. The van der Waals surface area contributed by atoms with Gasteiger partial charge in [-0.15, -0.1) is 0 Å². The van der Waals surface area contributed by atoms with Gasteiger partial charge in [0.25, 0.3) is 0 Å². The van der Waals surface area contributed by atoms with Crippen LogP contribution < -0.4 is 56.3 Å². The van der Waals surface area contributed by atoms with Crippen LogP contribution in [0.2, 0.25) is 0 Å². The van der Waals surface area contributed by atoms with Crippen molar-refractivity contribution in [3.63, 3.8) is 0 Å². The Hall–Kier alpha value is -0.294. The van der Waals surface area contributed by atoms with Crippen LogP contribution in [-0.2, 0) is 10.1 Å². The minimum absolute atomic E-state index is 0. The van der Waals surface area contributed by atoms with E-state index < -0.39 is 20.8 Å². The van der Waals surface area contributed by atoms with Crippen molar-refractivity contribution in [2.75, 3.05) is 0 Å². The molecule has 0 saturated carbocycles. The van der Waals surface area contributed by atoms with Gasteiger partial charge in [0.2, 0.25) is 5.69 Å². The van der Waals surface area contributed by atoms with Crippen LogP contribution >= 0.6 is 0 Å². The summed E-state index contributed by atoms with van der Waals surface area (Å²) < 4.78 is 36.5. The third kappa shape index (κ3) is 3.13. The minimum atomic E-state index is -4.84. The van der Waals surface area contributed by atoms with E-state index in [1.54, 1.807) is 18.2 Å². The molecular weight excluding hydrogens is 275 g/mol. The summed E-state index contributed by atoms with van der Waals surface area (Å²) >= 11 is 0. The van der Waals surface area contributed by atoms with E-state index in [2.05, 4.69) is 9.79 Å². The van der Waals surface area contributed by atoms with E-state index in [0.717, 1.165) is 0 Å². The van der Waals surface area contributed by atoms with E-state index in [1.165, 1.54) is 12.1 Å². The number of benzene rings is 1. The Morgan fingerprint density at radius 1 is 1.24 bits per heavy atom. The average Bonchev–Trinajstić information content (AvgIpc) is 2.61. The van der Waals surface area contributed by atoms with Crippen molar-refractivity contribution >= 4 is 10.1 Å². The van der Waals surface area contributed by atoms with Crippen LogP contribution in [0.5, 0.6) is 0 Å². The summed E-state index contributed by atoms with van der Waals surface area (Å²) in [5, 5.41) is 13.2. The molecule has 0 aliphatic heterocycles. The van der Waals surface area contributed by atoms with Crippen LogP contribution in [0.1, 0.15) is 0 Å². The number of nitrogens with zero attached hydrogens (tertiary/aromatic N) is 2. The molecule has 0 unspecified atom stereocenters. The van der Waals surface area contributed by atoms with Crippen molar-refractivity contribution < 1.29 is 73.9 Å². The standard InChI is InChI=1S/C8H6N2O5S.K/c11-10-7(6-4-2-1-3-5-6)8(9-15-10)16(12,13)14;/h1-5H,(H,12,13,14);/q;+1/p-1. The molecule has 2 aromatic rings. The van der Waals surface area contributed by atoms with E-state index in [4.69, 9.17) is 0 Å². The third-order valence-electron chi connectivity index (χ3n) is 1.87. The van der Waals surface area contributed by atoms with Gasteiger partial charge in [0.15, 0.2) is 10.1 Å². The molecule has 0 aliphatic carbocycles. The number of aromatic nitrogens is 2. The SMILES string of the molecule is O=S(=O)([O-])c1no[n+]([O-])c1-c1ccccc1.[K+]. The van der Waals surface area contributed by atoms with E-state index in [1.807, 2.05) is 0 Å². The Bertz CT molecular complexity index is 610. The van der Waals surface area contributed by atoms with Crippen molar-refractivity contribution in [3.8, 4) is 11.3 Å². The zero-order valence-corrected chi connectivity index (χ0v) is 12.7. The number of hydrogen-bond acceptors (Lipinski definition) is 6. The van der Waals surface area contributed by atoms with Gasteiger partial charge in [-0.2, -0.15) is 0 Å². The molecule has 0 saturated heterocycles. The summed E-state index contributed by atoms with van der Waals surface area (Å²) in [6, 6.07) is 7.79. The van der Waals surface area contributed by atoms with E-state index in [9.17, 15) is 18.2 Å². The van der Waals surface area contributed by atoms with Crippen LogP contribution in [0.25, 0.3) is 11.3 Å². The minimum Gasteiger partial charge on any atom is -0.741 e. The molecule has 0 bridgehead atoms. The van der Waals surface area contributed by atoms with Gasteiger partial charge in [-0.1, -0.05) is 30.3 Å². The molecule has 0 fully saturated rings. The van der Waals surface area contributed by atoms with Gasteiger partial charge in [-0.05, 0) is 4.90 Å². The molecule has 0 amide bonds. The van der Waals surface area contributed by atoms with Crippen LogP contribution in [-0.4, -0.2) is 18.1 Å². The van der Waals surface area contributed by atoms with Gasteiger partial charge in [0.05, 0.1) is 5.16 Å². The van der Waals surface area contributed by atoms with Crippen molar-refractivity contribution in [3.05, 3.63) is 35.5 Å². The molecule has 0 aliphatic rings. The molecule has 7 nitrogen and oxygen atoms in total. The van der Waals surface area contributed by atoms with Crippen LogP contribution in [0.4, 0.5) is 0 Å². The maximum absolute atomic E-state index is 11.2. The number of rotatable bonds is 2. The summed E-state index contributed by atoms with van der Waals surface area (Å²) in [6.45, 7) is 0. The Kier molecular flexibility index (Phi) is 4.83. The largest absolute Gasteiger partial charge is 1.00 e. The van der Waals surface area contributed by atoms with Crippen LogP contribution in [0, 0.1) is 5.21 Å². The fraction of sp³-hybridized carbons (Fsp3) is 0. The van der Waals surface area contributed by atoms with Crippen molar-refractivity contribution in [1.29, 1.82) is 0 Å². The molecular formula is C8H5KN2O5S. The second kappa shape index (κ2) is 5.57. The molecule has 0 radical (unpaired) electrons. The third-order valence-corrected chi connectivity index (χ3v) is 2.61. The monoisotopic (exact) mass is 280 g/mol. The van der Waals surface area contributed by atoms with E-state index in [0.29, 0.717) is 0 Å². The fourth-order valence-electron chi connectivity index (χ4n) is 1.23. The number of hydrogen-bond donors (Lipinski definition) is 0. The first-order valence-electron chi connectivity index (χ1n) is 4.11. The first-order chi connectivity index (χ1) is 7.50. The van der Waals surface area contributed by atoms with E-state index >= 15 is 0 Å². The van der Waals surface area contributed by atoms with Gasteiger partial charge in [0, 0.05) is 5.56 Å². The van der Waals surface area contributed by atoms with E-state index in [-0.39, 0.29) is 61.9 Å². The Morgan fingerprint density at radius 2 is 1.82 bits per heavy atom. The van der Waals surface area contributed by atoms with Crippen molar-refractivity contribution in [2.45, 2.75) is 5.03 Å². The van der Waals surface area contributed by atoms with Gasteiger partial charge >= 0.3 is 56.4 Å². The zero-order chi connectivity index (χ0) is 11.8. The first kappa shape index (κ1) is 14.8. The Labute approximate surface area is 139 Å². The molecule has 0 spiro atoms. The summed E-state index contributed by atoms with van der Waals surface area (Å²) in [5.41, 5.74) is -0.163. The maximum atomic E-state index is 11.2. The molecule has 2 rings (SSSR count). The fourth-order valence-corrected chi connectivity index (χ4v) is 1.78. The summed E-state index contributed by atoms with van der Waals surface area (Å²) in [6.07, 6.45) is 0. The summed E-state index contributed by atoms with van der Waals surface area (Å²) in [7, 11) is -4.84. The quantitative estimate of drug-likeness (QED) is 0.327. The predicted molar refractivity (Wildman–Crippen MR) is 48.9 cm³/mol. The molecule has 1 heterocycles. The molecule has 17 heavy (non-hydrogen) atoms. The summed E-state index contributed by atoms with van der Waals surface area (Å²) in [5.74, 6) is 0. The van der Waals surface area contributed by atoms with Crippen molar-refractivity contribution in [1.82, 2.24) is 5.16 Å². The molecule has 9 heteroatoms. The molecule has 0 N–H and O–H groups in total. The molecule has 1 aromatic heterocycles. The topological polar surface area (TPSA) is 110 Å². The van der Waals surface area contributed by atoms with Gasteiger partial charge in [0.1, 0.15) is 0 Å². The molecule has 1 aromatic carbocycles. The molecule has 84 valence electrons. The van der Waals surface area contributed by atoms with Gasteiger partial charge < -0.3 is 9.76 Å². The Morgan fingerprint density at radius 3 is 2.35 bits per heavy atom. The average molecular weight is 280 g/mol. The second-order valence-electron chi connectivity index (χ2n) is 2.90. The first-order valence-corrected chi connectivity index (χ1v) is 5.52. The van der Waals surface area contributed by atoms with Gasteiger partial charge in [-0.3, -0.25) is 4.63 Å². The summed E-state index contributed by atoms with van der Waals surface area (Å²) in [4.78, 5) is -0.111. The van der Waals surface area contributed by atoms with Crippen molar-refractivity contribution in [2.24, 2.45) is 0 Å². The predicted octanol–water partition coefficient (Wildman–Crippen LogP) is -3.12. The normalized spacial score (nSPS) is 10.9.